The van der Waals surface area contributed by atoms with Crippen molar-refractivity contribution >= 4 is 0 Å². The van der Waals surface area contributed by atoms with E-state index in [-0.39, 0.29) is 0 Å². The Morgan fingerprint density at radius 2 is 2.19 bits per heavy atom. The van der Waals surface area contributed by atoms with Crippen LogP contribution in [0, 0.1) is 5.92 Å². The Hall–Kier alpha value is -1.06. The Balaban J connectivity index is 1.97. The molecular weight excluding hydrogens is 200 g/mol. The number of rotatable bonds is 3. The zero-order valence-corrected chi connectivity index (χ0v) is 9.60. The number of likely N-dealkylation sites (tertiary alicyclic amines) is 1. The maximum absolute atomic E-state index is 9.71. The number of nitrogens with zero attached hydrogens (tertiary/aromatic N) is 1. The largest absolute Gasteiger partial charge is 0.508 e. The number of piperidine rings is 1. The minimum Gasteiger partial charge on any atom is -0.508 e. The van der Waals surface area contributed by atoms with Crippen molar-refractivity contribution in [3.63, 3.8) is 0 Å². The number of hydrogen-bond donors (Lipinski definition) is 2. The van der Waals surface area contributed by atoms with Crippen molar-refractivity contribution in [3.8, 4) is 5.75 Å². The van der Waals surface area contributed by atoms with Gasteiger partial charge in [-0.2, -0.15) is 0 Å². The molecule has 0 aromatic heterocycles. The van der Waals surface area contributed by atoms with Gasteiger partial charge in [-0.05, 0) is 37.9 Å². The molecule has 88 valence electrons. The van der Waals surface area contributed by atoms with Crippen LogP contribution in [0.1, 0.15) is 18.4 Å². The summed E-state index contributed by atoms with van der Waals surface area (Å²) < 4.78 is 0. The van der Waals surface area contributed by atoms with Crippen LogP contribution in [-0.4, -0.2) is 29.6 Å². The van der Waals surface area contributed by atoms with Gasteiger partial charge in [0.05, 0.1) is 0 Å². The number of aromatic hydroxyl groups is 1. The van der Waals surface area contributed by atoms with Crippen LogP contribution >= 0.6 is 0 Å². The molecule has 0 saturated carbocycles. The fourth-order valence-electron chi connectivity index (χ4n) is 2.37. The predicted octanol–water partition coefficient (Wildman–Crippen LogP) is 1.56. The second-order valence-corrected chi connectivity index (χ2v) is 4.61. The zero-order valence-electron chi connectivity index (χ0n) is 9.60. The number of phenols is 1. The first-order valence-electron chi connectivity index (χ1n) is 5.99. The molecule has 1 saturated heterocycles. The Morgan fingerprint density at radius 3 is 2.94 bits per heavy atom. The van der Waals surface area contributed by atoms with Crippen molar-refractivity contribution in [1.29, 1.82) is 0 Å². The highest BCUT2D eigenvalue weighted by Crippen LogP contribution is 2.21. The van der Waals surface area contributed by atoms with Gasteiger partial charge < -0.3 is 10.8 Å². The standard InChI is InChI=1S/C13H20N2O/c14-8-11-4-3-7-15(9-11)10-12-5-1-2-6-13(12)16/h1-2,5-6,11,16H,3-4,7-10,14H2. The summed E-state index contributed by atoms with van der Waals surface area (Å²) in [5, 5.41) is 9.71. The van der Waals surface area contributed by atoms with Crippen molar-refractivity contribution in [3.05, 3.63) is 29.8 Å². The minimum absolute atomic E-state index is 0.400. The Labute approximate surface area is 96.9 Å². The molecule has 0 radical (unpaired) electrons. The first-order valence-corrected chi connectivity index (χ1v) is 5.99. The molecule has 1 aromatic rings. The summed E-state index contributed by atoms with van der Waals surface area (Å²) in [6, 6.07) is 7.57. The van der Waals surface area contributed by atoms with Crippen LogP contribution in [0.25, 0.3) is 0 Å². The Morgan fingerprint density at radius 1 is 1.38 bits per heavy atom. The van der Waals surface area contributed by atoms with Crippen LogP contribution in [0.5, 0.6) is 5.75 Å². The maximum atomic E-state index is 9.71. The summed E-state index contributed by atoms with van der Waals surface area (Å²) in [6.45, 7) is 3.79. The molecule has 1 unspecified atom stereocenters. The van der Waals surface area contributed by atoms with E-state index in [1.807, 2.05) is 18.2 Å². The third-order valence-electron chi connectivity index (χ3n) is 3.32. The average Bonchev–Trinajstić information content (AvgIpc) is 2.32. The molecule has 1 aliphatic rings. The van der Waals surface area contributed by atoms with Gasteiger partial charge in [0, 0.05) is 18.7 Å². The van der Waals surface area contributed by atoms with Gasteiger partial charge in [0.2, 0.25) is 0 Å². The van der Waals surface area contributed by atoms with Gasteiger partial charge in [0.25, 0.3) is 0 Å². The lowest BCUT2D eigenvalue weighted by atomic mass is 9.98. The van der Waals surface area contributed by atoms with Gasteiger partial charge in [-0.15, -0.1) is 0 Å². The summed E-state index contributed by atoms with van der Waals surface area (Å²) in [5.74, 6) is 1.02. The van der Waals surface area contributed by atoms with Gasteiger partial charge in [-0.25, -0.2) is 0 Å². The van der Waals surface area contributed by atoms with Crippen LogP contribution in [0.3, 0.4) is 0 Å². The van der Waals surface area contributed by atoms with E-state index in [1.54, 1.807) is 6.07 Å². The summed E-state index contributed by atoms with van der Waals surface area (Å²) in [6.07, 6.45) is 2.46. The zero-order chi connectivity index (χ0) is 11.4. The fourth-order valence-corrected chi connectivity index (χ4v) is 2.37. The third-order valence-corrected chi connectivity index (χ3v) is 3.32. The van der Waals surface area contributed by atoms with E-state index in [0.717, 1.165) is 31.7 Å². The van der Waals surface area contributed by atoms with Crippen molar-refractivity contribution in [2.75, 3.05) is 19.6 Å². The highest BCUT2D eigenvalue weighted by Gasteiger charge is 2.19. The van der Waals surface area contributed by atoms with Gasteiger partial charge in [0.1, 0.15) is 5.75 Å². The van der Waals surface area contributed by atoms with Gasteiger partial charge in [-0.3, -0.25) is 4.90 Å². The molecule has 1 atom stereocenters. The topological polar surface area (TPSA) is 49.5 Å². The molecule has 3 N–H and O–H groups in total. The van der Waals surface area contributed by atoms with Gasteiger partial charge >= 0.3 is 0 Å². The molecule has 0 amide bonds. The lowest BCUT2D eigenvalue weighted by Gasteiger charge is -2.32. The molecule has 0 spiro atoms. The number of nitrogens with two attached hydrogens (primary N) is 1. The lowest BCUT2D eigenvalue weighted by molar-refractivity contribution is 0.169. The molecule has 2 rings (SSSR count). The molecule has 1 fully saturated rings. The first-order chi connectivity index (χ1) is 7.79. The molecule has 1 aromatic carbocycles. The number of hydrogen-bond acceptors (Lipinski definition) is 3. The molecule has 16 heavy (non-hydrogen) atoms. The normalized spacial score (nSPS) is 22.2. The highest BCUT2D eigenvalue weighted by atomic mass is 16.3. The monoisotopic (exact) mass is 220 g/mol. The summed E-state index contributed by atoms with van der Waals surface area (Å²) in [4.78, 5) is 2.38. The van der Waals surface area contributed by atoms with Crippen LogP contribution in [0.2, 0.25) is 0 Å². The van der Waals surface area contributed by atoms with Crippen molar-refractivity contribution in [2.24, 2.45) is 11.7 Å². The SMILES string of the molecule is NCC1CCCN(Cc2ccccc2O)C1. The predicted molar refractivity (Wildman–Crippen MR) is 65.2 cm³/mol. The summed E-state index contributed by atoms with van der Waals surface area (Å²) in [7, 11) is 0. The molecule has 1 heterocycles. The minimum atomic E-state index is 0.400. The first kappa shape index (κ1) is 11.4. The summed E-state index contributed by atoms with van der Waals surface area (Å²) in [5.41, 5.74) is 6.73. The summed E-state index contributed by atoms with van der Waals surface area (Å²) >= 11 is 0. The maximum Gasteiger partial charge on any atom is 0.120 e. The van der Waals surface area contributed by atoms with E-state index in [1.165, 1.54) is 12.8 Å². The molecular formula is C13H20N2O. The number of phenolic OH excluding ortho intramolecular Hbond substituents is 1. The van der Waals surface area contributed by atoms with Crippen LogP contribution < -0.4 is 5.73 Å². The van der Waals surface area contributed by atoms with Gasteiger partial charge in [0.15, 0.2) is 0 Å². The average molecular weight is 220 g/mol. The van der Waals surface area contributed by atoms with Crippen molar-refractivity contribution in [1.82, 2.24) is 4.90 Å². The van der Waals surface area contributed by atoms with E-state index >= 15 is 0 Å². The second-order valence-electron chi connectivity index (χ2n) is 4.61. The Kier molecular flexibility index (Phi) is 3.80. The number of benzene rings is 1. The molecule has 3 heteroatoms. The van der Waals surface area contributed by atoms with Crippen molar-refractivity contribution in [2.45, 2.75) is 19.4 Å². The van der Waals surface area contributed by atoms with Crippen LogP contribution in [0.4, 0.5) is 0 Å². The molecule has 0 bridgehead atoms. The van der Waals surface area contributed by atoms with E-state index in [2.05, 4.69) is 4.90 Å². The highest BCUT2D eigenvalue weighted by molar-refractivity contribution is 5.31. The smallest absolute Gasteiger partial charge is 0.120 e. The fraction of sp³-hybridized carbons (Fsp3) is 0.538. The molecule has 3 nitrogen and oxygen atoms in total. The van der Waals surface area contributed by atoms with E-state index in [9.17, 15) is 5.11 Å². The van der Waals surface area contributed by atoms with Crippen LogP contribution in [0.15, 0.2) is 24.3 Å². The third kappa shape index (κ3) is 2.74. The van der Waals surface area contributed by atoms with E-state index in [4.69, 9.17) is 5.73 Å². The molecule has 1 aliphatic heterocycles. The van der Waals surface area contributed by atoms with E-state index in [0.29, 0.717) is 11.7 Å². The lowest BCUT2D eigenvalue weighted by Crippen LogP contribution is -2.37. The van der Waals surface area contributed by atoms with Crippen molar-refractivity contribution < 1.29 is 5.11 Å². The van der Waals surface area contributed by atoms with Crippen LogP contribution in [-0.2, 0) is 6.54 Å². The number of para-hydroxylation sites is 1. The van der Waals surface area contributed by atoms with Gasteiger partial charge in [-0.1, -0.05) is 18.2 Å². The quantitative estimate of drug-likeness (QED) is 0.813. The second kappa shape index (κ2) is 5.32. The van der Waals surface area contributed by atoms with E-state index < -0.39 is 0 Å². The Bertz CT molecular complexity index is 340. The molecule has 0 aliphatic carbocycles.